The van der Waals surface area contributed by atoms with Crippen molar-refractivity contribution in [1.82, 2.24) is 9.80 Å². The minimum atomic E-state index is 0.514. The van der Waals surface area contributed by atoms with Gasteiger partial charge in [0.05, 0.1) is 12.6 Å². The lowest BCUT2D eigenvalue weighted by molar-refractivity contribution is 0.0856. The van der Waals surface area contributed by atoms with Crippen molar-refractivity contribution in [2.45, 2.75) is 32.7 Å². The molecule has 1 atom stereocenters. The predicted octanol–water partition coefficient (Wildman–Crippen LogP) is 1.16. The van der Waals surface area contributed by atoms with Crippen LogP contribution in [-0.4, -0.2) is 48.0 Å². The molecule has 0 saturated carbocycles. The van der Waals surface area contributed by atoms with Gasteiger partial charge in [-0.2, -0.15) is 0 Å². The summed E-state index contributed by atoms with van der Waals surface area (Å²) in [6.07, 6.45) is 2.71. The van der Waals surface area contributed by atoms with Crippen LogP contribution in [0.1, 0.15) is 26.7 Å². The van der Waals surface area contributed by atoms with E-state index in [4.69, 9.17) is 0 Å². The summed E-state index contributed by atoms with van der Waals surface area (Å²) in [7, 11) is 0. The molecule has 0 aliphatic carbocycles. The van der Waals surface area contributed by atoms with Crippen LogP contribution in [0.15, 0.2) is 4.99 Å². The molecule has 14 heavy (non-hydrogen) atoms. The molecule has 3 heterocycles. The Labute approximate surface area is 85.8 Å². The maximum absolute atomic E-state index is 4.68. The van der Waals surface area contributed by atoms with Gasteiger partial charge in [0.25, 0.3) is 0 Å². The molecule has 78 valence electrons. The van der Waals surface area contributed by atoms with Crippen molar-refractivity contribution >= 4 is 5.96 Å². The third kappa shape index (κ3) is 1.14. The van der Waals surface area contributed by atoms with Gasteiger partial charge in [0.2, 0.25) is 0 Å². The molecule has 2 saturated heterocycles. The first-order chi connectivity index (χ1) is 6.66. The van der Waals surface area contributed by atoms with Crippen molar-refractivity contribution in [1.29, 1.82) is 0 Å². The van der Waals surface area contributed by atoms with Crippen LogP contribution >= 0.6 is 0 Å². The summed E-state index contributed by atoms with van der Waals surface area (Å²) in [5.74, 6) is 1.30. The zero-order valence-electron chi connectivity index (χ0n) is 9.16. The van der Waals surface area contributed by atoms with Gasteiger partial charge in [-0.25, -0.2) is 0 Å². The van der Waals surface area contributed by atoms with E-state index >= 15 is 0 Å². The fraction of sp³-hybridized carbons (Fsp3) is 0.909. The first-order valence-corrected chi connectivity index (χ1v) is 5.72. The summed E-state index contributed by atoms with van der Waals surface area (Å²) in [5, 5.41) is 0. The van der Waals surface area contributed by atoms with Gasteiger partial charge in [0.15, 0.2) is 5.96 Å². The lowest BCUT2D eigenvalue weighted by Gasteiger charge is -2.48. The van der Waals surface area contributed by atoms with Crippen molar-refractivity contribution in [2.24, 2.45) is 10.4 Å². The van der Waals surface area contributed by atoms with Gasteiger partial charge < -0.3 is 9.80 Å². The van der Waals surface area contributed by atoms with Gasteiger partial charge in [0.1, 0.15) is 0 Å². The molecule has 0 unspecified atom stereocenters. The van der Waals surface area contributed by atoms with Gasteiger partial charge in [-0.15, -0.1) is 0 Å². The number of hydrogen-bond acceptors (Lipinski definition) is 3. The molecule has 3 aliphatic rings. The molecule has 3 heteroatoms. The molecule has 2 fully saturated rings. The number of rotatable bonds is 0. The molecular formula is C11H19N3. The van der Waals surface area contributed by atoms with E-state index in [1.807, 2.05) is 0 Å². The maximum atomic E-state index is 4.68. The number of hydrogen-bond donors (Lipinski definition) is 0. The average Bonchev–Trinajstić information content (AvgIpc) is 2.58. The molecule has 0 aromatic carbocycles. The van der Waals surface area contributed by atoms with Crippen molar-refractivity contribution in [2.75, 3.05) is 26.2 Å². The van der Waals surface area contributed by atoms with Crippen LogP contribution in [0.2, 0.25) is 0 Å². The first-order valence-electron chi connectivity index (χ1n) is 5.72. The second-order valence-electron chi connectivity index (χ2n) is 5.65. The van der Waals surface area contributed by atoms with E-state index in [1.54, 1.807) is 0 Å². The van der Waals surface area contributed by atoms with Crippen LogP contribution in [0.4, 0.5) is 0 Å². The molecule has 3 nitrogen and oxygen atoms in total. The number of likely N-dealkylation sites (tertiary alicyclic amines) is 1. The van der Waals surface area contributed by atoms with Crippen LogP contribution in [0, 0.1) is 5.41 Å². The Morgan fingerprint density at radius 2 is 2.14 bits per heavy atom. The fourth-order valence-electron chi connectivity index (χ4n) is 2.98. The summed E-state index contributed by atoms with van der Waals surface area (Å²) in [5.41, 5.74) is 0.514. The second kappa shape index (κ2) is 2.65. The highest BCUT2D eigenvalue weighted by atomic mass is 15.4. The summed E-state index contributed by atoms with van der Waals surface area (Å²) in [6.45, 7) is 9.33. The van der Waals surface area contributed by atoms with Gasteiger partial charge in [-0.1, -0.05) is 13.8 Å². The van der Waals surface area contributed by atoms with Gasteiger partial charge >= 0.3 is 0 Å². The SMILES string of the molecule is CC1(C)CN(C2=NC[C@H]3CCCN23)C1. The van der Waals surface area contributed by atoms with Crippen molar-refractivity contribution in [3.8, 4) is 0 Å². The van der Waals surface area contributed by atoms with Crippen LogP contribution in [0.25, 0.3) is 0 Å². The summed E-state index contributed by atoms with van der Waals surface area (Å²) < 4.78 is 0. The molecule has 0 spiro atoms. The second-order valence-corrected chi connectivity index (χ2v) is 5.65. The largest absolute Gasteiger partial charge is 0.342 e. The van der Waals surface area contributed by atoms with Crippen molar-refractivity contribution < 1.29 is 0 Å². The van der Waals surface area contributed by atoms with E-state index in [1.165, 1.54) is 38.4 Å². The standard InChI is InChI=1S/C11H19N3/c1-11(2)7-13(8-11)10-12-6-9-4-3-5-14(9)10/h9H,3-8H2,1-2H3/t9-/m1/s1. The summed E-state index contributed by atoms with van der Waals surface area (Å²) >= 11 is 0. The van der Waals surface area contributed by atoms with Crippen LogP contribution in [0.3, 0.4) is 0 Å². The molecule has 0 aromatic heterocycles. The fourth-order valence-corrected chi connectivity index (χ4v) is 2.98. The van der Waals surface area contributed by atoms with Crippen LogP contribution in [-0.2, 0) is 0 Å². The normalized spacial score (nSPS) is 34.1. The lowest BCUT2D eigenvalue weighted by Crippen LogP contribution is -2.58. The van der Waals surface area contributed by atoms with E-state index in [-0.39, 0.29) is 0 Å². The van der Waals surface area contributed by atoms with E-state index in [9.17, 15) is 0 Å². The topological polar surface area (TPSA) is 18.8 Å². The molecular weight excluding hydrogens is 174 g/mol. The van der Waals surface area contributed by atoms with Gasteiger partial charge in [-0.3, -0.25) is 4.99 Å². The third-order valence-electron chi connectivity index (χ3n) is 3.60. The molecule has 0 bridgehead atoms. The number of nitrogens with zero attached hydrogens (tertiary/aromatic N) is 3. The quantitative estimate of drug-likeness (QED) is 0.575. The van der Waals surface area contributed by atoms with E-state index in [0.29, 0.717) is 5.41 Å². The smallest absolute Gasteiger partial charge is 0.197 e. The zero-order valence-corrected chi connectivity index (χ0v) is 9.16. The van der Waals surface area contributed by atoms with E-state index < -0.39 is 0 Å². The summed E-state index contributed by atoms with van der Waals surface area (Å²) in [4.78, 5) is 9.65. The first kappa shape index (κ1) is 8.57. The average molecular weight is 193 g/mol. The Morgan fingerprint density at radius 1 is 1.36 bits per heavy atom. The monoisotopic (exact) mass is 193 g/mol. The molecule has 3 aliphatic heterocycles. The Balaban J connectivity index is 1.69. The highest BCUT2D eigenvalue weighted by Gasteiger charge is 2.42. The Hall–Kier alpha value is -0.730. The Kier molecular flexibility index (Phi) is 1.62. The van der Waals surface area contributed by atoms with Gasteiger partial charge in [-0.05, 0) is 18.3 Å². The zero-order chi connectivity index (χ0) is 9.76. The minimum absolute atomic E-state index is 0.514. The maximum Gasteiger partial charge on any atom is 0.197 e. The van der Waals surface area contributed by atoms with Crippen LogP contribution in [0.5, 0.6) is 0 Å². The van der Waals surface area contributed by atoms with Crippen LogP contribution < -0.4 is 0 Å². The number of guanidine groups is 1. The minimum Gasteiger partial charge on any atom is -0.342 e. The number of aliphatic imine (C=N–C) groups is 1. The summed E-state index contributed by atoms with van der Waals surface area (Å²) in [6, 6.07) is 0.744. The van der Waals surface area contributed by atoms with E-state index in [0.717, 1.165) is 12.6 Å². The molecule has 0 amide bonds. The Bertz CT molecular complexity index is 274. The van der Waals surface area contributed by atoms with Gasteiger partial charge in [0, 0.05) is 19.6 Å². The third-order valence-corrected chi connectivity index (χ3v) is 3.60. The molecule has 0 aromatic rings. The Morgan fingerprint density at radius 3 is 2.86 bits per heavy atom. The highest BCUT2D eigenvalue weighted by molar-refractivity contribution is 5.83. The predicted molar refractivity (Wildman–Crippen MR) is 57.4 cm³/mol. The molecule has 0 radical (unpaired) electrons. The van der Waals surface area contributed by atoms with Crippen molar-refractivity contribution in [3.05, 3.63) is 0 Å². The number of fused-ring (bicyclic) bond motifs is 1. The molecule has 0 N–H and O–H groups in total. The van der Waals surface area contributed by atoms with Crippen molar-refractivity contribution in [3.63, 3.8) is 0 Å². The molecule has 3 rings (SSSR count). The lowest BCUT2D eigenvalue weighted by atomic mass is 9.85. The van der Waals surface area contributed by atoms with E-state index in [2.05, 4.69) is 28.6 Å². The highest BCUT2D eigenvalue weighted by Crippen LogP contribution is 2.33.